The molecule has 0 unspecified atom stereocenters. The number of hydrogen-bond donors (Lipinski definition) is 0. The maximum atomic E-state index is 4.20. The highest BCUT2D eigenvalue weighted by Gasteiger charge is 2.31. The van der Waals surface area contributed by atoms with E-state index < -0.39 is 0 Å². The second kappa shape index (κ2) is 15.7. The van der Waals surface area contributed by atoms with E-state index in [0.29, 0.717) is 0 Å². The van der Waals surface area contributed by atoms with Crippen LogP contribution in [0.2, 0.25) is 0 Å². The highest BCUT2D eigenvalue weighted by atomic mass is 15.5. The number of hydrazone groups is 1. The quantitative estimate of drug-likeness (QED) is 0.124. The summed E-state index contributed by atoms with van der Waals surface area (Å²) < 4.78 is 0. The van der Waals surface area contributed by atoms with Crippen LogP contribution in [0, 0.1) is 0 Å². The molecule has 0 aliphatic carbocycles. The van der Waals surface area contributed by atoms with Crippen LogP contribution in [0.25, 0.3) is 0 Å². The fourth-order valence-corrected chi connectivity index (χ4v) is 3.58. The third-order valence-electron chi connectivity index (χ3n) is 5.43. The van der Waals surface area contributed by atoms with E-state index in [0.717, 1.165) is 12.8 Å². The van der Waals surface area contributed by atoms with Gasteiger partial charge in [0.1, 0.15) is 6.34 Å². The highest BCUT2D eigenvalue weighted by Crippen LogP contribution is 2.30. The van der Waals surface area contributed by atoms with Gasteiger partial charge in [-0.15, -0.1) is 0 Å². The second-order valence-corrected chi connectivity index (χ2v) is 7.08. The van der Waals surface area contributed by atoms with Crippen molar-refractivity contribution < 1.29 is 0 Å². The van der Waals surface area contributed by atoms with Gasteiger partial charge in [0.2, 0.25) is 0 Å². The molecule has 0 saturated carbocycles. The molecule has 0 fully saturated rings. The van der Waals surface area contributed by atoms with Crippen molar-refractivity contribution in [3.05, 3.63) is 0 Å². The van der Waals surface area contributed by atoms with E-state index in [4.69, 9.17) is 0 Å². The maximum Gasteiger partial charge on any atom is 0.106 e. The Balaban J connectivity index is 3.87. The van der Waals surface area contributed by atoms with E-state index in [-0.39, 0.29) is 5.54 Å². The molecule has 0 amide bonds. The Labute approximate surface area is 152 Å². The molecule has 0 aliphatic heterocycles. The average Bonchev–Trinajstić information content (AvgIpc) is 2.61. The fraction of sp³-hybridized carbons (Fsp3) is 0.905. The molecule has 0 N–H and O–H groups in total. The van der Waals surface area contributed by atoms with Gasteiger partial charge in [0, 0.05) is 13.8 Å². The molecule has 0 spiro atoms. The van der Waals surface area contributed by atoms with Crippen molar-refractivity contribution >= 4 is 13.1 Å². The topological polar surface area (TPSA) is 28.0 Å². The molecule has 0 aromatic carbocycles. The van der Waals surface area contributed by atoms with E-state index in [9.17, 15) is 0 Å². The molecule has 0 aromatic heterocycles. The SMILES string of the molecule is C=NN(C=NC)C(CC)(CC)CCCCCCCCCCCCC. The number of rotatable bonds is 17. The lowest BCUT2D eigenvalue weighted by molar-refractivity contribution is 0.151. The summed E-state index contributed by atoms with van der Waals surface area (Å²) in [6.45, 7) is 10.5. The van der Waals surface area contributed by atoms with Crippen LogP contribution in [-0.2, 0) is 0 Å². The summed E-state index contributed by atoms with van der Waals surface area (Å²) >= 11 is 0. The van der Waals surface area contributed by atoms with Gasteiger partial charge < -0.3 is 0 Å². The predicted molar refractivity (Wildman–Crippen MR) is 110 cm³/mol. The van der Waals surface area contributed by atoms with Gasteiger partial charge in [-0.1, -0.05) is 91.4 Å². The van der Waals surface area contributed by atoms with Crippen LogP contribution in [0.5, 0.6) is 0 Å². The second-order valence-electron chi connectivity index (χ2n) is 7.08. The largest absolute Gasteiger partial charge is 0.277 e. The predicted octanol–water partition coefficient (Wildman–Crippen LogP) is 6.82. The Hall–Kier alpha value is -0.860. The zero-order chi connectivity index (χ0) is 18.1. The van der Waals surface area contributed by atoms with Crippen LogP contribution in [-0.4, -0.2) is 30.7 Å². The molecule has 0 heterocycles. The van der Waals surface area contributed by atoms with Gasteiger partial charge in [-0.05, 0) is 19.3 Å². The number of nitrogens with zero attached hydrogens (tertiary/aromatic N) is 3. The molecule has 3 nitrogen and oxygen atoms in total. The van der Waals surface area contributed by atoms with Gasteiger partial charge in [0.25, 0.3) is 0 Å². The molecule has 3 heteroatoms. The third kappa shape index (κ3) is 9.44. The van der Waals surface area contributed by atoms with Crippen LogP contribution >= 0.6 is 0 Å². The van der Waals surface area contributed by atoms with Gasteiger partial charge in [-0.3, -0.25) is 4.99 Å². The minimum atomic E-state index is 0.0978. The van der Waals surface area contributed by atoms with Gasteiger partial charge >= 0.3 is 0 Å². The lowest BCUT2D eigenvalue weighted by Gasteiger charge is -2.38. The maximum absolute atomic E-state index is 4.20. The summed E-state index contributed by atoms with van der Waals surface area (Å²) in [7, 11) is 1.80. The molecule has 0 aliphatic rings. The smallest absolute Gasteiger partial charge is 0.106 e. The Morgan fingerprint density at radius 1 is 0.792 bits per heavy atom. The third-order valence-corrected chi connectivity index (χ3v) is 5.43. The van der Waals surface area contributed by atoms with Crippen LogP contribution in [0.1, 0.15) is 111 Å². The summed E-state index contributed by atoms with van der Waals surface area (Å²) in [5.41, 5.74) is 0.0978. The summed E-state index contributed by atoms with van der Waals surface area (Å²) in [6.07, 6.45) is 20.5. The summed E-state index contributed by atoms with van der Waals surface area (Å²) in [4.78, 5) is 4.14. The van der Waals surface area contributed by atoms with Crippen LogP contribution in [0.3, 0.4) is 0 Å². The minimum absolute atomic E-state index is 0.0978. The van der Waals surface area contributed by atoms with E-state index in [1.54, 1.807) is 7.05 Å². The van der Waals surface area contributed by atoms with E-state index in [1.165, 1.54) is 77.0 Å². The van der Waals surface area contributed by atoms with E-state index in [1.807, 2.05) is 11.3 Å². The van der Waals surface area contributed by atoms with Gasteiger partial charge in [-0.25, -0.2) is 5.01 Å². The average molecular weight is 338 g/mol. The van der Waals surface area contributed by atoms with Crippen molar-refractivity contribution in [3.63, 3.8) is 0 Å². The number of hydrogen-bond acceptors (Lipinski definition) is 2. The summed E-state index contributed by atoms with van der Waals surface area (Å²) in [5, 5.41) is 6.19. The van der Waals surface area contributed by atoms with Crippen molar-refractivity contribution in [2.45, 2.75) is 116 Å². The van der Waals surface area contributed by atoms with Crippen molar-refractivity contribution in [3.8, 4) is 0 Å². The molecule has 0 bridgehead atoms. The zero-order valence-electron chi connectivity index (χ0n) is 17.0. The molecule has 0 aromatic rings. The zero-order valence-corrected chi connectivity index (χ0v) is 17.0. The Morgan fingerprint density at radius 2 is 1.25 bits per heavy atom. The van der Waals surface area contributed by atoms with Crippen LogP contribution in [0.15, 0.2) is 10.1 Å². The molecule has 0 atom stereocenters. The first kappa shape index (κ1) is 23.1. The number of unbranched alkanes of at least 4 members (excludes halogenated alkanes) is 10. The van der Waals surface area contributed by atoms with Crippen molar-refractivity contribution in [1.82, 2.24) is 5.01 Å². The summed E-state index contributed by atoms with van der Waals surface area (Å²) in [6, 6.07) is 0. The molecule has 0 radical (unpaired) electrons. The first-order chi connectivity index (χ1) is 11.7. The monoisotopic (exact) mass is 337 g/mol. The molecule has 0 saturated heterocycles. The molecule has 142 valence electrons. The van der Waals surface area contributed by atoms with Crippen LogP contribution < -0.4 is 0 Å². The standard InChI is InChI=1S/C21H43N3/c1-6-9-10-11-12-13-14-15-16-17-18-19-21(7-2,8-3)24(23-5)20-22-4/h20H,5-19H2,1-4H3. The van der Waals surface area contributed by atoms with Crippen LogP contribution in [0.4, 0.5) is 0 Å². The summed E-state index contributed by atoms with van der Waals surface area (Å²) in [5.74, 6) is 0. The minimum Gasteiger partial charge on any atom is -0.277 e. The Bertz CT molecular complexity index is 308. The lowest BCUT2D eigenvalue weighted by Crippen LogP contribution is -2.44. The molecule has 24 heavy (non-hydrogen) atoms. The fourth-order valence-electron chi connectivity index (χ4n) is 3.58. The van der Waals surface area contributed by atoms with Crippen molar-refractivity contribution in [1.29, 1.82) is 0 Å². The van der Waals surface area contributed by atoms with Crippen molar-refractivity contribution in [2.75, 3.05) is 7.05 Å². The van der Waals surface area contributed by atoms with Gasteiger partial charge in [-0.2, -0.15) is 5.10 Å². The Morgan fingerprint density at radius 3 is 1.62 bits per heavy atom. The van der Waals surface area contributed by atoms with E-state index in [2.05, 4.69) is 37.6 Å². The van der Waals surface area contributed by atoms with E-state index >= 15 is 0 Å². The normalized spacial score (nSPS) is 12.0. The molecular weight excluding hydrogens is 294 g/mol. The number of aliphatic imine (C=N–C) groups is 1. The van der Waals surface area contributed by atoms with Gasteiger partial charge in [0.05, 0.1) is 5.54 Å². The first-order valence-electron chi connectivity index (χ1n) is 10.4. The molecular formula is C21H43N3. The Kier molecular flexibility index (Phi) is 15.1. The highest BCUT2D eigenvalue weighted by molar-refractivity contribution is 5.56. The first-order valence-corrected chi connectivity index (χ1v) is 10.4. The molecule has 0 rings (SSSR count). The lowest BCUT2D eigenvalue weighted by atomic mass is 9.86. The van der Waals surface area contributed by atoms with Gasteiger partial charge in [0.15, 0.2) is 0 Å². The van der Waals surface area contributed by atoms with Crippen molar-refractivity contribution in [2.24, 2.45) is 10.1 Å².